The van der Waals surface area contributed by atoms with Crippen LogP contribution in [0.2, 0.25) is 0 Å². The number of rotatable bonds is 2. The topological polar surface area (TPSA) is 70.7 Å². The molecule has 3 aromatic rings. The number of carbonyl (C=O) groups is 1. The van der Waals surface area contributed by atoms with Crippen molar-refractivity contribution in [1.82, 2.24) is 20.3 Å². The highest BCUT2D eigenvalue weighted by atomic mass is 19.4. The summed E-state index contributed by atoms with van der Waals surface area (Å²) in [6.45, 7) is 0.561. The highest BCUT2D eigenvalue weighted by Crippen LogP contribution is 2.32. The minimum Gasteiger partial charge on any atom is -0.356 e. The van der Waals surface area contributed by atoms with Crippen LogP contribution in [0.5, 0.6) is 0 Å². The van der Waals surface area contributed by atoms with Crippen molar-refractivity contribution in [3.63, 3.8) is 0 Å². The molecule has 0 aliphatic carbocycles. The average molecular weight is 358 g/mol. The Morgan fingerprint density at radius 1 is 1.12 bits per heavy atom. The van der Waals surface area contributed by atoms with Crippen LogP contribution in [0.4, 0.5) is 13.2 Å². The van der Waals surface area contributed by atoms with Crippen molar-refractivity contribution in [2.75, 3.05) is 6.54 Å². The smallest absolute Gasteiger partial charge is 0.356 e. The molecule has 5 nitrogen and oxygen atoms in total. The molecule has 0 fully saturated rings. The van der Waals surface area contributed by atoms with Gasteiger partial charge >= 0.3 is 6.18 Å². The minimum absolute atomic E-state index is 0.152. The van der Waals surface area contributed by atoms with Crippen LogP contribution in [-0.4, -0.2) is 27.4 Å². The number of hydrogen-bond donors (Lipinski definition) is 2. The highest BCUT2D eigenvalue weighted by molar-refractivity contribution is 5.97. The molecule has 2 N–H and O–H groups in total. The van der Waals surface area contributed by atoms with Crippen LogP contribution < -0.4 is 5.32 Å². The van der Waals surface area contributed by atoms with Crippen LogP contribution >= 0.6 is 0 Å². The molecule has 3 heterocycles. The van der Waals surface area contributed by atoms with E-state index in [0.717, 1.165) is 17.8 Å². The molecular weight excluding hydrogens is 345 g/mol. The van der Waals surface area contributed by atoms with E-state index in [1.807, 2.05) is 0 Å². The maximum Gasteiger partial charge on any atom is 0.416 e. The third-order valence-electron chi connectivity index (χ3n) is 4.18. The molecule has 2 aromatic heterocycles. The summed E-state index contributed by atoms with van der Waals surface area (Å²) in [6, 6.07) is 8.22. The fourth-order valence-corrected chi connectivity index (χ4v) is 2.91. The molecule has 1 aliphatic rings. The molecule has 4 rings (SSSR count). The molecule has 8 heteroatoms. The predicted octanol–water partition coefficient (Wildman–Crippen LogP) is 3.44. The van der Waals surface area contributed by atoms with Crippen molar-refractivity contribution in [1.29, 1.82) is 0 Å². The number of H-pyrrole nitrogens is 1. The van der Waals surface area contributed by atoms with Gasteiger partial charge in [0.1, 0.15) is 0 Å². The van der Waals surface area contributed by atoms with Gasteiger partial charge in [0, 0.05) is 30.4 Å². The number of amides is 1. The summed E-state index contributed by atoms with van der Waals surface area (Å²) in [5.41, 5.74) is 2.04. The van der Waals surface area contributed by atoms with Crippen LogP contribution in [0.15, 0.2) is 42.6 Å². The lowest BCUT2D eigenvalue weighted by Crippen LogP contribution is -2.31. The van der Waals surface area contributed by atoms with E-state index >= 15 is 0 Å². The number of benzene rings is 1. The fraction of sp³-hybridized carbons (Fsp3) is 0.167. The summed E-state index contributed by atoms with van der Waals surface area (Å²) in [5, 5.41) is 2.76. The Morgan fingerprint density at radius 3 is 2.73 bits per heavy atom. The molecule has 0 unspecified atom stereocenters. The Morgan fingerprint density at radius 2 is 1.96 bits per heavy atom. The molecule has 132 valence electrons. The number of halogens is 3. The van der Waals surface area contributed by atoms with Crippen molar-refractivity contribution in [3.8, 4) is 22.8 Å². The van der Waals surface area contributed by atoms with E-state index in [1.165, 1.54) is 18.3 Å². The van der Waals surface area contributed by atoms with Crippen molar-refractivity contribution in [2.45, 2.75) is 12.6 Å². The van der Waals surface area contributed by atoms with E-state index in [1.54, 1.807) is 12.1 Å². The second-order valence-electron chi connectivity index (χ2n) is 5.93. The standard InChI is InChI=1S/C18H13F3N4O/c19-18(20,21)11-3-1-2-10(8-11)16-22-6-5-14(25-16)15-9-12-13(24-15)4-7-23-17(12)26/h1-3,5-6,8-9,24H,4,7H2,(H,23,26). The van der Waals surface area contributed by atoms with Gasteiger partial charge < -0.3 is 10.3 Å². The van der Waals surface area contributed by atoms with Crippen LogP contribution in [0.3, 0.4) is 0 Å². The fourth-order valence-electron chi connectivity index (χ4n) is 2.91. The summed E-state index contributed by atoms with van der Waals surface area (Å²) in [5.74, 6) is 0.0338. The Balaban J connectivity index is 1.73. The number of nitrogens with one attached hydrogen (secondary N) is 2. The summed E-state index contributed by atoms with van der Waals surface area (Å²) < 4.78 is 38.7. The lowest BCUT2D eigenvalue weighted by molar-refractivity contribution is -0.137. The first-order valence-corrected chi connectivity index (χ1v) is 7.93. The molecule has 0 saturated carbocycles. The molecule has 1 amide bonds. The van der Waals surface area contributed by atoms with Gasteiger partial charge in [0.25, 0.3) is 5.91 Å². The number of nitrogens with zero attached hydrogens (tertiary/aromatic N) is 2. The Hall–Kier alpha value is -3.16. The molecule has 0 bridgehead atoms. The summed E-state index contributed by atoms with van der Waals surface area (Å²) >= 11 is 0. The molecule has 26 heavy (non-hydrogen) atoms. The third kappa shape index (κ3) is 2.94. The zero-order chi connectivity index (χ0) is 18.3. The van der Waals surface area contributed by atoms with Gasteiger partial charge in [-0.1, -0.05) is 12.1 Å². The summed E-state index contributed by atoms with van der Waals surface area (Å²) in [6.07, 6.45) is -2.26. The van der Waals surface area contributed by atoms with E-state index in [0.29, 0.717) is 29.9 Å². The average Bonchev–Trinajstić information content (AvgIpc) is 3.07. The van der Waals surface area contributed by atoms with E-state index in [2.05, 4.69) is 20.3 Å². The second kappa shape index (κ2) is 5.98. The SMILES string of the molecule is O=C1NCCc2[nH]c(-c3ccnc(-c4cccc(C(F)(F)F)c4)n3)cc21. The van der Waals surface area contributed by atoms with Gasteiger partial charge in [-0.05, 0) is 24.3 Å². The molecule has 0 radical (unpaired) electrons. The van der Waals surface area contributed by atoms with Crippen LogP contribution in [0, 0.1) is 0 Å². The van der Waals surface area contributed by atoms with E-state index in [-0.39, 0.29) is 17.3 Å². The van der Waals surface area contributed by atoms with Gasteiger partial charge in [-0.15, -0.1) is 0 Å². The maximum atomic E-state index is 12.9. The second-order valence-corrected chi connectivity index (χ2v) is 5.93. The minimum atomic E-state index is -4.43. The normalized spacial score (nSPS) is 14.0. The molecule has 0 saturated heterocycles. The Labute approximate surface area is 146 Å². The predicted molar refractivity (Wildman–Crippen MR) is 88.3 cm³/mol. The highest BCUT2D eigenvalue weighted by Gasteiger charge is 2.30. The van der Waals surface area contributed by atoms with Gasteiger partial charge in [0.05, 0.1) is 22.5 Å². The van der Waals surface area contributed by atoms with E-state index in [9.17, 15) is 18.0 Å². The molecule has 1 aromatic carbocycles. The summed E-state index contributed by atoms with van der Waals surface area (Å²) in [7, 11) is 0. The van der Waals surface area contributed by atoms with Gasteiger partial charge in [0.15, 0.2) is 5.82 Å². The maximum absolute atomic E-state index is 12.9. The first kappa shape index (κ1) is 16.3. The molecular formula is C18H13F3N4O. The zero-order valence-electron chi connectivity index (χ0n) is 13.4. The largest absolute Gasteiger partial charge is 0.416 e. The number of aromatic amines is 1. The molecule has 0 atom stereocenters. The van der Waals surface area contributed by atoms with E-state index in [4.69, 9.17) is 0 Å². The van der Waals surface area contributed by atoms with Crippen molar-refractivity contribution < 1.29 is 18.0 Å². The number of alkyl halides is 3. The molecule has 1 aliphatic heterocycles. The van der Waals surface area contributed by atoms with Gasteiger partial charge in [-0.3, -0.25) is 4.79 Å². The first-order chi connectivity index (χ1) is 12.4. The monoisotopic (exact) mass is 358 g/mol. The molecule has 0 spiro atoms. The van der Waals surface area contributed by atoms with Crippen LogP contribution in [0.1, 0.15) is 21.6 Å². The van der Waals surface area contributed by atoms with Gasteiger partial charge in [-0.25, -0.2) is 9.97 Å². The zero-order valence-corrected chi connectivity index (χ0v) is 13.4. The first-order valence-electron chi connectivity index (χ1n) is 7.93. The number of aromatic nitrogens is 3. The van der Waals surface area contributed by atoms with Crippen LogP contribution in [-0.2, 0) is 12.6 Å². The lowest BCUT2D eigenvalue weighted by atomic mass is 10.1. The van der Waals surface area contributed by atoms with Crippen molar-refractivity contribution in [3.05, 3.63) is 59.4 Å². The lowest BCUT2D eigenvalue weighted by Gasteiger charge is -2.10. The Kier molecular flexibility index (Phi) is 3.75. The van der Waals surface area contributed by atoms with E-state index < -0.39 is 11.7 Å². The number of hydrogen-bond acceptors (Lipinski definition) is 3. The van der Waals surface area contributed by atoms with Crippen LogP contribution in [0.25, 0.3) is 22.8 Å². The van der Waals surface area contributed by atoms with Gasteiger partial charge in [0.2, 0.25) is 0 Å². The quantitative estimate of drug-likeness (QED) is 0.737. The number of fused-ring (bicyclic) bond motifs is 1. The summed E-state index contributed by atoms with van der Waals surface area (Å²) in [4.78, 5) is 23.5. The number of carbonyl (C=O) groups excluding carboxylic acids is 1. The van der Waals surface area contributed by atoms with Crippen molar-refractivity contribution >= 4 is 5.91 Å². The van der Waals surface area contributed by atoms with Gasteiger partial charge in [-0.2, -0.15) is 13.2 Å². The Bertz CT molecular complexity index is 994. The van der Waals surface area contributed by atoms with Crippen molar-refractivity contribution in [2.24, 2.45) is 0 Å². The third-order valence-corrected chi connectivity index (χ3v) is 4.18.